The van der Waals surface area contributed by atoms with Gasteiger partial charge in [-0.2, -0.15) is 0 Å². The number of likely N-dealkylation sites (tertiary alicyclic amines) is 1. The number of aromatic nitrogens is 2. The monoisotopic (exact) mass is 409 g/mol. The van der Waals surface area contributed by atoms with Crippen molar-refractivity contribution in [3.8, 4) is 22.3 Å². The molecule has 1 fully saturated rings. The van der Waals surface area contributed by atoms with Crippen molar-refractivity contribution in [1.29, 1.82) is 0 Å². The lowest BCUT2D eigenvalue weighted by molar-refractivity contribution is 0.187. The van der Waals surface area contributed by atoms with Gasteiger partial charge in [0.1, 0.15) is 5.15 Å². The number of hydrogen-bond donors (Lipinski definition) is 0. The molecule has 1 aromatic carbocycles. The Morgan fingerprint density at radius 1 is 1.14 bits per heavy atom. The van der Waals surface area contributed by atoms with Crippen molar-refractivity contribution in [3.05, 3.63) is 46.8 Å². The zero-order chi connectivity index (χ0) is 19.5. The Hall–Kier alpha value is -1.93. The quantitative estimate of drug-likeness (QED) is 0.408. The van der Waals surface area contributed by atoms with Gasteiger partial charge in [0.25, 0.3) is 0 Å². The van der Waals surface area contributed by atoms with E-state index in [4.69, 9.17) is 11.6 Å². The van der Waals surface area contributed by atoms with Crippen LogP contribution in [-0.4, -0.2) is 34.5 Å². The van der Waals surface area contributed by atoms with E-state index in [-0.39, 0.29) is 0 Å². The third-order valence-electron chi connectivity index (χ3n) is 5.07. The van der Waals surface area contributed by atoms with Crippen molar-refractivity contribution in [2.24, 2.45) is 11.8 Å². The maximum Gasteiger partial charge on any atom is 0.167 e. The van der Waals surface area contributed by atoms with Gasteiger partial charge in [0.2, 0.25) is 0 Å². The highest BCUT2D eigenvalue weighted by atomic mass is 35.5. The van der Waals surface area contributed by atoms with Gasteiger partial charge in [0, 0.05) is 30.2 Å². The smallest absolute Gasteiger partial charge is 0.167 e. The number of hydrogen-bond acceptors (Lipinski definition) is 4. The van der Waals surface area contributed by atoms with Crippen molar-refractivity contribution < 1.29 is 0 Å². The summed E-state index contributed by atoms with van der Waals surface area (Å²) in [4.78, 5) is 12.4. The molecule has 1 saturated heterocycles. The first-order chi connectivity index (χ1) is 13.6. The first-order valence-electron chi connectivity index (χ1n) is 9.82. The molecule has 144 valence electrons. The normalized spacial score (nSPS) is 15.7. The lowest BCUT2D eigenvalue weighted by atomic mass is 9.97. The molecule has 0 atom stereocenters. The summed E-state index contributed by atoms with van der Waals surface area (Å²) in [6, 6.07) is 8.21. The molecule has 1 aliphatic rings. The van der Waals surface area contributed by atoms with Crippen LogP contribution in [0.5, 0.6) is 0 Å². The molecular formula is C23H24ClN3S. The van der Waals surface area contributed by atoms with Crippen LogP contribution in [0.2, 0.25) is 5.15 Å². The van der Waals surface area contributed by atoms with E-state index in [0.29, 0.717) is 11.1 Å². The van der Waals surface area contributed by atoms with E-state index in [0.717, 1.165) is 58.1 Å². The van der Waals surface area contributed by atoms with Crippen molar-refractivity contribution in [2.75, 3.05) is 19.6 Å². The number of piperidine rings is 1. The Morgan fingerprint density at radius 3 is 2.75 bits per heavy atom. The van der Waals surface area contributed by atoms with Gasteiger partial charge in [0.15, 0.2) is 5.01 Å². The van der Waals surface area contributed by atoms with Gasteiger partial charge in [0.05, 0.1) is 4.88 Å². The van der Waals surface area contributed by atoms with E-state index in [1.54, 1.807) is 17.5 Å². The number of nitrogens with zero attached hydrogens (tertiary/aromatic N) is 3. The second-order valence-electron chi connectivity index (χ2n) is 7.84. The van der Waals surface area contributed by atoms with E-state index in [1.807, 2.05) is 12.3 Å². The fourth-order valence-corrected chi connectivity index (χ4v) is 4.61. The molecule has 0 bridgehead atoms. The molecule has 3 nitrogen and oxygen atoms in total. The summed E-state index contributed by atoms with van der Waals surface area (Å²) in [6.07, 6.45) is 6.05. The van der Waals surface area contributed by atoms with Crippen LogP contribution in [0, 0.1) is 23.7 Å². The molecule has 0 radical (unpaired) electrons. The van der Waals surface area contributed by atoms with Gasteiger partial charge in [-0.15, -0.1) is 11.3 Å². The summed E-state index contributed by atoms with van der Waals surface area (Å²) in [7, 11) is 0. The van der Waals surface area contributed by atoms with E-state index >= 15 is 0 Å². The third-order valence-corrected chi connectivity index (χ3v) is 6.24. The largest absolute Gasteiger partial charge is 0.303 e. The molecule has 2 aromatic heterocycles. The molecule has 1 aliphatic heterocycles. The number of rotatable bonds is 3. The summed E-state index contributed by atoms with van der Waals surface area (Å²) in [5, 5.41) is 3.58. The van der Waals surface area contributed by atoms with Crippen LogP contribution < -0.4 is 0 Å². The maximum atomic E-state index is 6.03. The highest BCUT2D eigenvalue weighted by Crippen LogP contribution is 2.29. The second kappa shape index (κ2) is 8.61. The molecule has 4 rings (SSSR count). The summed E-state index contributed by atoms with van der Waals surface area (Å²) in [6.45, 7) is 8.09. The van der Waals surface area contributed by atoms with E-state index < -0.39 is 0 Å². The van der Waals surface area contributed by atoms with Crippen LogP contribution in [-0.2, 0) is 0 Å². The van der Waals surface area contributed by atoms with Crippen molar-refractivity contribution in [3.63, 3.8) is 0 Å². The van der Waals surface area contributed by atoms with Gasteiger partial charge < -0.3 is 4.90 Å². The Kier molecular flexibility index (Phi) is 5.96. The van der Waals surface area contributed by atoms with Crippen LogP contribution >= 0.6 is 22.9 Å². The highest BCUT2D eigenvalue weighted by molar-refractivity contribution is 7.15. The molecule has 0 saturated carbocycles. The molecule has 0 aliphatic carbocycles. The molecule has 0 amide bonds. The minimum Gasteiger partial charge on any atom is -0.303 e. The van der Waals surface area contributed by atoms with Crippen molar-refractivity contribution in [1.82, 2.24) is 14.9 Å². The van der Waals surface area contributed by atoms with Crippen molar-refractivity contribution in [2.45, 2.75) is 26.7 Å². The van der Waals surface area contributed by atoms with Gasteiger partial charge in [-0.3, -0.25) is 0 Å². The van der Waals surface area contributed by atoms with Gasteiger partial charge in [-0.05, 0) is 60.9 Å². The first-order valence-corrected chi connectivity index (χ1v) is 11.0. The molecule has 0 spiro atoms. The van der Waals surface area contributed by atoms with Crippen LogP contribution in [0.25, 0.3) is 21.2 Å². The predicted octanol–water partition coefficient (Wildman–Crippen LogP) is 5.73. The number of thiazole rings is 1. The van der Waals surface area contributed by atoms with Crippen LogP contribution in [0.1, 0.15) is 31.7 Å². The van der Waals surface area contributed by atoms with E-state index in [2.05, 4.69) is 58.8 Å². The SMILES string of the molecule is CC(C)CN1CCC(C#Cc2ncc(-c3ccc4cnc(Cl)cc4c3)s2)CC1. The third kappa shape index (κ3) is 4.72. The average Bonchev–Trinajstić information content (AvgIpc) is 3.15. The molecule has 0 unspecified atom stereocenters. The summed E-state index contributed by atoms with van der Waals surface area (Å²) in [5.74, 6) is 8.00. The molecule has 28 heavy (non-hydrogen) atoms. The van der Waals surface area contributed by atoms with Gasteiger partial charge >= 0.3 is 0 Å². The number of benzene rings is 1. The van der Waals surface area contributed by atoms with Crippen molar-refractivity contribution >= 4 is 33.7 Å². The van der Waals surface area contributed by atoms with Gasteiger partial charge in [-0.1, -0.05) is 43.5 Å². The van der Waals surface area contributed by atoms with Gasteiger partial charge in [-0.25, -0.2) is 9.97 Å². The Balaban J connectivity index is 1.44. The maximum absolute atomic E-state index is 6.03. The molecule has 0 N–H and O–H groups in total. The summed E-state index contributed by atoms with van der Waals surface area (Å²) >= 11 is 7.68. The molecule has 3 aromatic rings. The highest BCUT2D eigenvalue weighted by Gasteiger charge is 2.18. The topological polar surface area (TPSA) is 29.0 Å². The summed E-state index contributed by atoms with van der Waals surface area (Å²) < 4.78 is 0. The Morgan fingerprint density at radius 2 is 1.96 bits per heavy atom. The minimum absolute atomic E-state index is 0.492. The average molecular weight is 410 g/mol. The van der Waals surface area contributed by atoms with Crippen LogP contribution in [0.3, 0.4) is 0 Å². The van der Waals surface area contributed by atoms with Crippen LogP contribution in [0.4, 0.5) is 0 Å². The minimum atomic E-state index is 0.492. The van der Waals surface area contributed by atoms with E-state index in [1.165, 1.54) is 6.54 Å². The molecule has 5 heteroatoms. The number of halogens is 1. The molecule has 3 heterocycles. The Labute approximate surface area is 175 Å². The first kappa shape index (κ1) is 19.4. The number of pyridine rings is 1. The fourth-order valence-electron chi connectivity index (χ4n) is 3.67. The zero-order valence-electron chi connectivity index (χ0n) is 16.3. The Bertz CT molecular complexity index is 1020. The second-order valence-corrected chi connectivity index (χ2v) is 9.25. The lowest BCUT2D eigenvalue weighted by Crippen LogP contribution is -2.35. The molecular weight excluding hydrogens is 386 g/mol. The number of fused-ring (bicyclic) bond motifs is 1. The summed E-state index contributed by atoms with van der Waals surface area (Å²) in [5.41, 5.74) is 1.14. The van der Waals surface area contributed by atoms with Crippen LogP contribution in [0.15, 0.2) is 36.7 Å². The zero-order valence-corrected chi connectivity index (χ0v) is 17.9. The predicted molar refractivity (Wildman–Crippen MR) is 119 cm³/mol. The van der Waals surface area contributed by atoms with E-state index in [9.17, 15) is 0 Å². The lowest BCUT2D eigenvalue weighted by Gasteiger charge is -2.30. The standard InChI is InChI=1S/C23H24ClN3S/c1-16(2)15-27-9-7-17(8-10-27)3-6-23-26-14-21(28-23)18-4-5-19-13-25-22(24)12-20(19)11-18/h4-5,11-14,16-17H,7-10,15H2,1-2H3. The fraction of sp³-hybridized carbons (Fsp3) is 0.391.